The molecule has 12 heavy (non-hydrogen) atoms. The molecule has 0 saturated carbocycles. The zero-order valence-corrected chi connectivity index (χ0v) is 7.38. The van der Waals surface area contributed by atoms with E-state index < -0.39 is 12.4 Å². The standard InChI is InChI=1S/C8H14FNO2/c1-8(2)3-4-10(7(11)12)6(9)5-8/h6H,3-5H2,1-2H3,(H,11,12). The van der Waals surface area contributed by atoms with E-state index >= 15 is 0 Å². The third-order valence-corrected chi connectivity index (χ3v) is 2.33. The van der Waals surface area contributed by atoms with Crippen molar-refractivity contribution in [1.82, 2.24) is 4.90 Å². The Hall–Kier alpha value is -0.800. The number of carboxylic acid groups (broad SMARTS) is 1. The lowest BCUT2D eigenvalue weighted by molar-refractivity contribution is 0.00350. The normalized spacial score (nSPS) is 28.6. The second kappa shape index (κ2) is 2.92. The summed E-state index contributed by atoms with van der Waals surface area (Å²) in [6.07, 6.45) is -1.44. The van der Waals surface area contributed by atoms with Crippen LogP contribution in [0.15, 0.2) is 0 Å². The Labute approximate surface area is 71.2 Å². The van der Waals surface area contributed by atoms with Crippen LogP contribution in [0.3, 0.4) is 0 Å². The number of piperidine rings is 1. The van der Waals surface area contributed by atoms with Crippen LogP contribution in [0.2, 0.25) is 0 Å². The van der Waals surface area contributed by atoms with E-state index in [-0.39, 0.29) is 5.41 Å². The van der Waals surface area contributed by atoms with Crippen LogP contribution in [0.4, 0.5) is 9.18 Å². The molecule has 0 aromatic heterocycles. The molecule has 1 unspecified atom stereocenters. The molecule has 0 bridgehead atoms. The number of hydrogen-bond acceptors (Lipinski definition) is 1. The minimum absolute atomic E-state index is 0.0641. The first-order chi connectivity index (χ1) is 5.42. The Morgan fingerprint density at radius 1 is 1.67 bits per heavy atom. The summed E-state index contributed by atoms with van der Waals surface area (Å²) in [4.78, 5) is 11.3. The molecule has 70 valence electrons. The summed E-state index contributed by atoms with van der Waals surface area (Å²) < 4.78 is 13.1. The number of nitrogens with zero attached hydrogens (tertiary/aromatic N) is 1. The van der Waals surface area contributed by atoms with Crippen molar-refractivity contribution < 1.29 is 14.3 Å². The fraction of sp³-hybridized carbons (Fsp3) is 0.875. The quantitative estimate of drug-likeness (QED) is 0.572. The zero-order chi connectivity index (χ0) is 9.35. The lowest BCUT2D eigenvalue weighted by atomic mass is 9.82. The van der Waals surface area contributed by atoms with Crippen LogP contribution in [-0.2, 0) is 0 Å². The minimum Gasteiger partial charge on any atom is -0.465 e. The summed E-state index contributed by atoms with van der Waals surface area (Å²) >= 11 is 0. The molecular formula is C8H14FNO2. The van der Waals surface area contributed by atoms with Gasteiger partial charge < -0.3 is 5.11 Å². The van der Waals surface area contributed by atoms with E-state index in [9.17, 15) is 9.18 Å². The van der Waals surface area contributed by atoms with Gasteiger partial charge in [0.1, 0.15) is 0 Å². The van der Waals surface area contributed by atoms with Crippen LogP contribution < -0.4 is 0 Å². The molecule has 1 N–H and O–H groups in total. The van der Waals surface area contributed by atoms with Gasteiger partial charge in [0.25, 0.3) is 0 Å². The molecule has 3 nitrogen and oxygen atoms in total. The lowest BCUT2D eigenvalue weighted by Gasteiger charge is -2.37. The van der Waals surface area contributed by atoms with Crippen LogP contribution in [-0.4, -0.2) is 28.9 Å². The number of hydrogen-bond donors (Lipinski definition) is 1. The molecule has 1 fully saturated rings. The van der Waals surface area contributed by atoms with Gasteiger partial charge in [-0.1, -0.05) is 13.8 Å². The van der Waals surface area contributed by atoms with Gasteiger partial charge in [-0.3, -0.25) is 4.90 Å². The van der Waals surface area contributed by atoms with E-state index in [0.717, 1.165) is 11.3 Å². The Morgan fingerprint density at radius 3 is 2.67 bits per heavy atom. The number of rotatable bonds is 0. The van der Waals surface area contributed by atoms with Gasteiger partial charge >= 0.3 is 6.09 Å². The van der Waals surface area contributed by atoms with Crippen LogP contribution in [0.5, 0.6) is 0 Å². The van der Waals surface area contributed by atoms with E-state index in [1.807, 2.05) is 13.8 Å². The Balaban J connectivity index is 2.60. The van der Waals surface area contributed by atoms with Crippen LogP contribution in [0.25, 0.3) is 0 Å². The highest BCUT2D eigenvalue weighted by Crippen LogP contribution is 2.34. The molecule has 1 atom stereocenters. The van der Waals surface area contributed by atoms with E-state index in [2.05, 4.69) is 0 Å². The van der Waals surface area contributed by atoms with Crippen molar-refractivity contribution >= 4 is 6.09 Å². The van der Waals surface area contributed by atoms with Crippen molar-refractivity contribution in [1.29, 1.82) is 0 Å². The number of carbonyl (C=O) groups is 1. The minimum atomic E-state index is -1.33. The third-order valence-electron chi connectivity index (χ3n) is 2.33. The topological polar surface area (TPSA) is 40.5 Å². The molecule has 0 aliphatic carbocycles. The maximum Gasteiger partial charge on any atom is 0.409 e. The van der Waals surface area contributed by atoms with E-state index in [0.29, 0.717) is 13.0 Å². The molecule has 1 saturated heterocycles. The lowest BCUT2D eigenvalue weighted by Crippen LogP contribution is -2.45. The highest BCUT2D eigenvalue weighted by Gasteiger charge is 2.35. The molecule has 1 rings (SSSR count). The smallest absolute Gasteiger partial charge is 0.409 e. The molecule has 1 aliphatic heterocycles. The van der Waals surface area contributed by atoms with Gasteiger partial charge in [-0.25, -0.2) is 9.18 Å². The highest BCUT2D eigenvalue weighted by molar-refractivity contribution is 5.65. The summed E-state index contributed by atoms with van der Waals surface area (Å²) in [6, 6.07) is 0. The van der Waals surface area contributed by atoms with Crippen molar-refractivity contribution in [3.05, 3.63) is 0 Å². The molecule has 1 heterocycles. The van der Waals surface area contributed by atoms with Gasteiger partial charge in [0.2, 0.25) is 0 Å². The first-order valence-corrected chi connectivity index (χ1v) is 4.06. The summed E-state index contributed by atoms with van der Waals surface area (Å²) in [7, 11) is 0. The second-order valence-electron chi connectivity index (χ2n) is 4.03. The van der Waals surface area contributed by atoms with Gasteiger partial charge in [0.15, 0.2) is 6.30 Å². The monoisotopic (exact) mass is 175 g/mol. The number of alkyl halides is 1. The second-order valence-corrected chi connectivity index (χ2v) is 4.03. The molecule has 0 aromatic carbocycles. The van der Waals surface area contributed by atoms with Crippen LogP contribution >= 0.6 is 0 Å². The molecule has 1 aliphatic rings. The molecule has 0 radical (unpaired) electrons. The first-order valence-electron chi connectivity index (χ1n) is 4.06. The van der Waals surface area contributed by atoms with Crippen LogP contribution in [0.1, 0.15) is 26.7 Å². The predicted molar refractivity (Wildman–Crippen MR) is 42.6 cm³/mol. The molecule has 0 aromatic rings. The van der Waals surface area contributed by atoms with Gasteiger partial charge in [-0.15, -0.1) is 0 Å². The van der Waals surface area contributed by atoms with Gasteiger partial charge in [0.05, 0.1) is 0 Å². The molecule has 4 heteroatoms. The van der Waals surface area contributed by atoms with Crippen molar-refractivity contribution in [3.63, 3.8) is 0 Å². The van der Waals surface area contributed by atoms with Gasteiger partial charge in [-0.05, 0) is 11.8 Å². The molecule has 0 spiro atoms. The Bertz CT molecular complexity index is 193. The third kappa shape index (κ3) is 1.87. The zero-order valence-electron chi connectivity index (χ0n) is 7.38. The van der Waals surface area contributed by atoms with E-state index in [4.69, 9.17) is 5.11 Å². The number of likely N-dealkylation sites (tertiary alicyclic amines) is 1. The fourth-order valence-corrected chi connectivity index (χ4v) is 1.45. The Kier molecular flexibility index (Phi) is 2.26. The number of amides is 1. The molecule has 1 amide bonds. The fourth-order valence-electron chi connectivity index (χ4n) is 1.45. The van der Waals surface area contributed by atoms with Crippen molar-refractivity contribution in [3.8, 4) is 0 Å². The highest BCUT2D eigenvalue weighted by atomic mass is 19.1. The van der Waals surface area contributed by atoms with Gasteiger partial charge in [0, 0.05) is 13.0 Å². The first kappa shape index (κ1) is 9.29. The van der Waals surface area contributed by atoms with E-state index in [1.54, 1.807) is 0 Å². The van der Waals surface area contributed by atoms with Gasteiger partial charge in [-0.2, -0.15) is 0 Å². The Morgan fingerprint density at radius 2 is 2.25 bits per heavy atom. The van der Waals surface area contributed by atoms with Crippen molar-refractivity contribution in [2.24, 2.45) is 5.41 Å². The SMILES string of the molecule is CC1(C)CCN(C(=O)O)C(F)C1. The predicted octanol–water partition coefficient (Wildman–Crippen LogP) is 2.08. The maximum atomic E-state index is 13.1. The number of halogens is 1. The summed E-state index contributed by atoms with van der Waals surface area (Å²) in [5, 5.41) is 8.56. The average Bonchev–Trinajstić information content (AvgIpc) is 1.83. The molecular weight excluding hydrogens is 161 g/mol. The van der Waals surface area contributed by atoms with Crippen molar-refractivity contribution in [2.45, 2.75) is 33.0 Å². The maximum absolute atomic E-state index is 13.1. The van der Waals surface area contributed by atoms with Crippen molar-refractivity contribution in [2.75, 3.05) is 6.54 Å². The largest absolute Gasteiger partial charge is 0.465 e. The van der Waals surface area contributed by atoms with E-state index in [1.165, 1.54) is 0 Å². The average molecular weight is 175 g/mol. The summed E-state index contributed by atoms with van der Waals surface area (Å²) in [6.45, 7) is 4.22. The summed E-state index contributed by atoms with van der Waals surface area (Å²) in [5.74, 6) is 0. The summed E-state index contributed by atoms with van der Waals surface area (Å²) in [5.41, 5.74) is -0.0641. The van der Waals surface area contributed by atoms with Crippen LogP contribution in [0, 0.1) is 5.41 Å².